The molecule has 1 saturated heterocycles. The van der Waals surface area contributed by atoms with E-state index in [0.29, 0.717) is 12.0 Å². The topological polar surface area (TPSA) is 41.6 Å². The van der Waals surface area contributed by atoms with E-state index in [0.717, 1.165) is 18.9 Å². The highest BCUT2D eigenvalue weighted by Gasteiger charge is 2.35. The minimum atomic E-state index is -0.296. The summed E-state index contributed by atoms with van der Waals surface area (Å²) < 4.78 is 4.72. The molecule has 2 aliphatic rings. The molecule has 1 aliphatic heterocycles. The number of nitrogens with one attached hydrogen (secondary N) is 1. The predicted octanol–water partition coefficient (Wildman–Crippen LogP) is 2.63. The van der Waals surface area contributed by atoms with Crippen LogP contribution < -0.4 is 5.32 Å². The first-order valence-corrected chi connectivity index (χ1v) is 7.72. The Morgan fingerprint density at radius 3 is 2.68 bits per heavy atom. The minimum absolute atomic E-state index is 0.241. The van der Waals surface area contributed by atoms with Crippen molar-refractivity contribution >= 4 is 6.09 Å². The summed E-state index contributed by atoms with van der Waals surface area (Å²) in [7, 11) is 1.43. The van der Waals surface area contributed by atoms with Gasteiger partial charge in [0, 0.05) is 25.2 Å². The molecule has 110 valence electrons. The summed E-state index contributed by atoms with van der Waals surface area (Å²) in [5, 5.41) is 2.98. The Kier molecular flexibility index (Phi) is 5.08. The van der Waals surface area contributed by atoms with Crippen LogP contribution in [0.2, 0.25) is 0 Å². The summed E-state index contributed by atoms with van der Waals surface area (Å²) in [6.07, 6.45) is 6.16. The van der Waals surface area contributed by atoms with Crippen molar-refractivity contribution in [3.8, 4) is 0 Å². The van der Waals surface area contributed by atoms with Crippen LogP contribution >= 0.6 is 0 Å². The Balaban J connectivity index is 1.93. The second kappa shape index (κ2) is 6.60. The van der Waals surface area contributed by atoms with Crippen LogP contribution in [-0.4, -0.2) is 43.3 Å². The third kappa shape index (κ3) is 3.62. The average molecular weight is 268 g/mol. The molecule has 4 heteroatoms. The number of piperidine rings is 1. The molecule has 3 atom stereocenters. The third-order valence-electron chi connectivity index (χ3n) is 4.78. The first-order valence-electron chi connectivity index (χ1n) is 7.72. The van der Waals surface area contributed by atoms with E-state index in [9.17, 15) is 4.79 Å². The number of amides is 1. The monoisotopic (exact) mass is 268 g/mol. The number of nitrogens with zero attached hydrogens (tertiary/aromatic N) is 1. The molecule has 0 aromatic rings. The highest BCUT2D eigenvalue weighted by Crippen LogP contribution is 2.35. The van der Waals surface area contributed by atoms with Crippen molar-refractivity contribution in [1.29, 1.82) is 0 Å². The van der Waals surface area contributed by atoms with Gasteiger partial charge >= 0.3 is 6.09 Å². The van der Waals surface area contributed by atoms with Gasteiger partial charge in [-0.2, -0.15) is 0 Å². The molecule has 1 aliphatic carbocycles. The van der Waals surface area contributed by atoms with Crippen molar-refractivity contribution in [2.75, 3.05) is 20.2 Å². The second-order valence-electron chi connectivity index (χ2n) is 6.29. The molecule has 19 heavy (non-hydrogen) atoms. The molecule has 0 aromatic heterocycles. The van der Waals surface area contributed by atoms with Gasteiger partial charge in [0.15, 0.2) is 0 Å². The lowest BCUT2D eigenvalue weighted by Gasteiger charge is -2.46. The van der Waals surface area contributed by atoms with Crippen LogP contribution in [0.15, 0.2) is 0 Å². The Labute approximate surface area is 116 Å². The van der Waals surface area contributed by atoms with Crippen LogP contribution in [0.3, 0.4) is 0 Å². The van der Waals surface area contributed by atoms with E-state index in [1.165, 1.54) is 39.3 Å². The van der Waals surface area contributed by atoms with Crippen LogP contribution in [0, 0.1) is 11.8 Å². The molecule has 4 nitrogen and oxygen atoms in total. The molecular weight excluding hydrogens is 240 g/mol. The summed E-state index contributed by atoms with van der Waals surface area (Å²) in [5.74, 6) is 1.53. The maximum atomic E-state index is 11.4. The van der Waals surface area contributed by atoms with E-state index in [4.69, 9.17) is 4.74 Å². The van der Waals surface area contributed by atoms with Crippen molar-refractivity contribution in [2.24, 2.45) is 11.8 Å². The summed E-state index contributed by atoms with van der Waals surface area (Å²) >= 11 is 0. The quantitative estimate of drug-likeness (QED) is 0.852. The van der Waals surface area contributed by atoms with Gasteiger partial charge in [-0.1, -0.05) is 20.3 Å². The summed E-state index contributed by atoms with van der Waals surface area (Å²) in [4.78, 5) is 14.0. The van der Waals surface area contributed by atoms with Gasteiger partial charge in [-0.15, -0.1) is 0 Å². The zero-order valence-electron chi connectivity index (χ0n) is 12.5. The highest BCUT2D eigenvalue weighted by molar-refractivity contribution is 5.67. The zero-order valence-corrected chi connectivity index (χ0v) is 12.5. The number of likely N-dealkylation sites (tertiary alicyclic amines) is 1. The number of hydrogen-bond acceptors (Lipinski definition) is 3. The lowest BCUT2D eigenvalue weighted by atomic mass is 9.77. The van der Waals surface area contributed by atoms with Gasteiger partial charge in [-0.3, -0.25) is 4.90 Å². The number of alkyl carbamates (subject to hydrolysis) is 1. The number of carbonyl (C=O) groups excluding carboxylic acids is 1. The Morgan fingerprint density at radius 1 is 1.42 bits per heavy atom. The molecule has 0 aromatic carbocycles. The Bertz CT molecular complexity index is 305. The molecule has 2 fully saturated rings. The van der Waals surface area contributed by atoms with Crippen molar-refractivity contribution in [2.45, 2.75) is 58.0 Å². The molecule has 3 unspecified atom stereocenters. The largest absolute Gasteiger partial charge is 0.453 e. The predicted molar refractivity (Wildman–Crippen MR) is 76.1 cm³/mol. The number of hydrogen-bond donors (Lipinski definition) is 1. The number of methoxy groups -OCH3 is 1. The lowest BCUT2D eigenvalue weighted by molar-refractivity contribution is 0.0434. The second-order valence-corrected chi connectivity index (χ2v) is 6.29. The maximum absolute atomic E-state index is 11.4. The van der Waals surface area contributed by atoms with Crippen LogP contribution in [0.4, 0.5) is 4.79 Å². The summed E-state index contributed by atoms with van der Waals surface area (Å²) in [5.41, 5.74) is 0. The number of carbonyl (C=O) groups is 1. The maximum Gasteiger partial charge on any atom is 0.407 e. The van der Waals surface area contributed by atoms with Gasteiger partial charge in [0.05, 0.1) is 7.11 Å². The lowest BCUT2D eigenvalue weighted by Crippen LogP contribution is -2.55. The Hall–Kier alpha value is -0.770. The van der Waals surface area contributed by atoms with Crippen LogP contribution in [0.25, 0.3) is 0 Å². The summed E-state index contributed by atoms with van der Waals surface area (Å²) in [6.45, 7) is 6.74. The van der Waals surface area contributed by atoms with E-state index in [1.54, 1.807) is 0 Å². The normalized spacial score (nSPS) is 30.5. The smallest absolute Gasteiger partial charge is 0.407 e. The fraction of sp³-hybridized carbons (Fsp3) is 0.933. The molecule has 2 rings (SSSR count). The standard InChI is InChI=1S/C15H28N2O2/c1-4-14(12-6-5-7-12)17-9-11(2)8-13(10-17)16-15(18)19-3/h11-14H,4-10H2,1-3H3,(H,16,18). The van der Waals surface area contributed by atoms with Gasteiger partial charge in [0.1, 0.15) is 0 Å². The molecule has 1 heterocycles. The molecule has 1 amide bonds. The van der Waals surface area contributed by atoms with E-state index < -0.39 is 0 Å². The molecule has 1 saturated carbocycles. The first kappa shape index (κ1) is 14.6. The Morgan fingerprint density at radius 2 is 2.16 bits per heavy atom. The van der Waals surface area contributed by atoms with Gasteiger partial charge in [-0.05, 0) is 37.5 Å². The average Bonchev–Trinajstić information content (AvgIpc) is 2.32. The SMILES string of the molecule is CCC(C1CCC1)N1CC(C)CC(NC(=O)OC)C1. The first-order chi connectivity index (χ1) is 9.13. The van der Waals surface area contributed by atoms with Crippen LogP contribution in [0.1, 0.15) is 46.0 Å². The molecule has 0 spiro atoms. The van der Waals surface area contributed by atoms with E-state index in [2.05, 4.69) is 24.1 Å². The van der Waals surface area contributed by atoms with Crippen LogP contribution in [-0.2, 0) is 4.74 Å². The van der Waals surface area contributed by atoms with E-state index >= 15 is 0 Å². The molecule has 0 bridgehead atoms. The van der Waals surface area contributed by atoms with Crippen molar-refractivity contribution in [3.63, 3.8) is 0 Å². The number of ether oxygens (including phenoxy) is 1. The molecular formula is C15H28N2O2. The van der Waals surface area contributed by atoms with Gasteiger partial charge < -0.3 is 10.1 Å². The number of rotatable bonds is 4. The summed E-state index contributed by atoms with van der Waals surface area (Å²) in [6, 6.07) is 0.948. The van der Waals surface area contributed by atoms with Crippen molar-refractivity contribution < 1.29 is 9.53 Å². The highest BCUT2D eigenvalue weighted by atomic mass is 16.5. The van der Waals surface area contributed by atoms with E-state index in [-0.39, 0.29) is 12.1 Å². The van der Waals surface area contributed by atoms with Crippen molar-refractivity contribution in [1.82, 2.24) is 10.2 Å². The van der Waals surface area contributed by atoms with Gasteiger partial charge in [-0.25, -0.2) is 4.79 Å². The zero-order chi connectivity index (χ0) is 13.8. The molecule has 0 radical (unpaired) electrons. The van der Waals surface area contributed by atoms with Crippen molar-refractivity contribution in [3.05, 3.63) is 0 Å². The fourth-order valence-corrected chi connectivity index (χ4v) is 3.71. The van der Waals surface area contributed by atoms with Gasteiger partial charge in [0.2, 0.25) is 0 Å². The van der Waals surface area contributed by atoms with E-state index in [1.807, 2.05) is 0 Å². The fourth-order valence-electron chi connectivity index (χ4n) is 3.71. The van der Waals surface area contributed by atoms with Crippen LogP contribution in [0.5, 0.6) is 0 Å². The minimum Gasteiger partial charge on any atom is -0.453 e. The molecule has 1 N–H and O–H groups in total. The third-order valence-corrected chi connectivity index (χ3v) is 4.78. The van der Waals surface area contributed by atoms with Gasteiger partial charge in [0.25, 0.3) is 0 Å².